The minimum absolute atomic E-state index is 0.124. The fraction of sp³-hybridized carbons (Fsp3) is 0.500. The van der Waals surface area contributed by atoms with Crippen molar-refractivity contribution in [2.24, 2.45) is 0 Å². The summed E-state index contributed by atoms with van der Waals surface area (Å²) in [5.41, 5.74) is 1.33. The highest BCUT2D eigenvalue weighted by atomic mass is 16.7. The van der Waals surface area contributed by atoms with Crippen LogP contribution < -0.4 is 4.74 Å². The van der Waals surface area contributed by atoms with Crippen LogP contribution in [0, 0.1) is 0 Å². The topological polar surface area (TPSA) is 85.5 Å². The van der Waals surface area contributed by atoms with E-state index in [0.717, 1.165) is 0 Å². The van der Waals surface area contributed by atoms with Crippen LogP contribution in [0.2, 0.25) is 0 Å². The van der Waals surface area contributed by atoms with E-state index < -0.39 is 6.16 Å². The molecule has 108 valence electrons. The fourth-order valence-corrected chi connectivity index (χ4v) is 1.92. The monoisotopic (exact) mass is 278 g/mol. The summed E-state index contributed by atoms with van der Waals surface area (Å²) in [6.45, 7) is 9.81. The van der Waals surface area contributed by atoms with Crippen molar-refractivity contribution in [1.82, 2.24) is 10.1 Å². The van der Waals surface area contributed by atoms with Crippen LogP contribution in [0.5, 0.6) is 5.75 Å². The van der Waals surface area contributed by atoms with Crippen molar-refractivity contribution >= 4 is 17.3 Å². The fourth-order valence-electron chi connectivity index (χ4n) is 1.92. The molecule has 0 spiro atoms. The third kappa shape index (κ3) is 2.59. The lowest BCUT2D eigenvalue weighted by molar-refractivity contribution is 0.145. The number of hydrogen-bond donors (Lipinski definition) is 1. The molecule has 0 saturated carbocycles. The second kappa shape index (κ2) is 4.77. The van der Waals surface area contributed by atoms with Crippen LogP contribution in [-0.2, 0) is 5.41 Å². The minimum Gasteiger partial charge on any atom is -0.449 e. The zero-order chi connectivity index (χ0) is 15.1. The molecule has 0 aliphatic rings. The van der Waals surface area contributed by atoms with Gasteiger partial charge in [0.15, 0.2) is 5.75 Å². The van der Waals surface area contributed by atoms with Gasteiger partial charge in [0.1, 0.15) is 11.1 Å². The molecular formula is C14H18N2O4. The molecular weight excluding hydrogens is 260 g/mol. The molecule has 0 fully saturated rings. The molecule has 0 saturated heterocycles. The Bertz CT molecular complexity index is 653. The molecule has 2 heterocycles. The Morgan fingerprint density at radius 2 is 2.05 bits per heavy atom. The van der Waals surface area contributed by atoms with Gasteiger partial charge in [0.2, 0.25) is 0 Å². The molecule has 1 N–H and O–H groups in total. The Morgan fingerprint density at radius 1 is 1.40 bits per heavy atom. The van der Waals surface area contributed by atoms with Gasteiger partial charge in [0.25, 0.3) is 5.71 Å². The highest BCUT2D eigenvalue weighted by molar-refractivity contribution is 5.86. The van der Waals surface area contributed by atoms with Gasteiger partial charge in [0, 0.05) is 11.5 Å². The first-order valence-electron chi connectivity index (χ1n) is 6.41. The van der Waals surface area contributed by atoms with E-state index in [2.05, 4.69) is 10.1 Å². The highest BCUT2D eigenvalue weighted by Crippen LogP contribution is 2.36. The smallest absolute Gasteiger partial charge is 0.449 e. The second-order valence-electron chi connectivity index (χ2n) is 6.03. The maximum absolute atomic E-state index is 10.9. The van der Waals surface area contributed by atoms with E-state index in [-0.39, 0.29) is 17.1 Å². The number of pyridine rings is 1. The molecule has 0 amide bonds. The lowest BCUT2D eigenvalue weighted by atomic mass is 9.90. The van der Waals surface area contributed by atoms with Gasteiger partial charge in [-0.05, 0) is 5.92 Å². The predicted octanol–water partition coefficient (Wildman–Crippen LogP) is 3.70. The van der Waals surface area contributed by atoms with Crippen LogP contribution in [-0.4, -0.2) is 21.4 Å². The van der Waals surface area contributed by atoms with E-state index in [9.17, 15) is 4.79 Å². The average molecular weight is 278 g/mol. The van der Waals surface area contributed by atoms with Crippen molar-refractivity contribution in [3.63, 3.8) is 0 Å². The molecule has 0 aliphatic carbocycles. The molecule has 6 heteroatoms. The third-order valence-corrected chi connectivity index (χ3v) is 2.93. The minimum atomic E-state index is -1.37. The van der Waals surface area contributed by atoms with Crippen LogP contribution in [0.15, 0.2) is 10.6 Å². The average Bonchev–Trinajstić information content (AvgIpc) is 2.71. The molecule has 0 aliphatic heterocycles. The standard InChI is InChI=1S/C14H18N2O4/c1-7(2)8-6-9(19-13(17)18)10-11(14(3,4)5)16-20-12(10)15-8/h6-7H,1-5H3,(H,17,18). The Labute approximate surface area is 116 Å². The summed E-state index contributed by atoms with van der Waals surface area (Å²) in [6.07, 6.45) is -1.37. The maximum atomic E-state index is 10.9. The molecule has 0 radical (unpaired) electrons. The largest absolute Gasteiger partial charge is 0.511 e. The Kier molecular flexibility index (Phi) is 3.41. The van der Waals surface area contributed by atoms with Gasteiger partial charge in [-0.15, -0.1) is 0 Å². The van der Waals surface area contributed by atoms with E-state index in [1.807, 2.05) is 34.6 Å². The van der Waals surface area contributed by atoms with Gasteiger partial charge >= 0.3 is 6.16 Å². The lowest BCUT2D eigenvalue weighted by Crippen LogP contribution is -2.13. The van der Waals surface area contributed by atoms with Crippen molar-refractivity contribution in [2.75, 3.05) is 0 Å². The van der Waals surface area contributed by atoms with Crippen LogP contribution in [0.1, 0.15) is 51.9 Å². The molecule has 0 aromatic carbocycles. The first kappa shape index (κ1) is 14.3. The van der Waals surface area contributed by atoms with Crippen molar-refractivity contribution in [3.8, 4) is 5.75 Å². The van der Waals surface area contributed by atoms with E-state index in [1.165, 1.54) is 0 Å². The SMILES string of the molecule is CC(C)c1cc(OC(=O)O)c2c(C(C)(C)C)noc2n1. The van der Waals surface area contributed by atoms with E-state index in [0.29, 0.717) is 22.5 Å². The number of ether oxygens (including phenoxy) is 1. The van der Waals surface area contributed by atoms with Gasteiger partial charge in [-0.1, -0.05) is 39.8 Å². The predicted molar refractivity (Wildman–Crippen MR) is 73.2 cm³/mol. The molecule has 2 aromatic heterocycles. The van der Waals surface area contributed by atoms with E-state index in [4.69, 9.17) is 14.4 Å². The number of rotatable bonds is 2. The summed E-state index contributed by atoms with van der Waals surface area (Å²) < 4.78 is 10.1. The summed E-state index contributed by atoms with van der Waals surface area (Å²) in [6, 6.07) is 1.63. The third-order valence-electron chi connectivity index (χ3n) is 2.93. The Balaban J connectivity index is 2.74. The number of hydrogen-bond acceptors (Lipinski definition) is 5. The van der Waals surface area contributed by atoms with Crippen molar-refractivity contribution in [1.29, 1.82) is 0 Å². The summed E-state index contributed by atoms with van der Waals surface area (Å²) in [5, 5.41) is 13.4. The van der Waals surface area contributed by atoms with Crippen LogP contribution in [0.25, 0.3) is 11.1 Å². The summed E-state index contributed by atoms with van der Waals surface area (Å²) in [7, 11) is 0. The molecule has 6 nitrogen and oxygen atoms in total. The normalized spacial score (nSPS) is 12.1. The first-order valence-corrected chi connectivity index (χ1v) is 6.41. The number of carbonyl (C=O) groups is 1. The first-order chi connectivity index (χ1) is 9.20. The lowest BCUT2D eigenvalue weighted by Gasteiger charge is -2.15. The van der Waals surface area contributed by atoms with Crippen molar-refractivity contribution < 1.29 is 19.2 Å². The van der Waals surface area contributed by atoms with Gasteiger partial charge < -0.3 is 14.4 Å². The van der Waals surface area contributed by atoms with E-state index >= 15 is 0 Å². The summed E-state index contributed by atoms with van der Waals surface area (Å²) in [4.78, 5) is 15.3. The molecule has 0 bridgehead atoms. The number of nitrogens with zero attached hydrogens (tertiary/aromatic N) is 2. The van der Waals surface area contributed by atoms with Gasteiger partial charge in [0.05, 0.1) is 5.69 Å². The Morgan fingerprint density at radius 3 is 2.55 bits per heavy atom. The zero-order valence-corrected chi connectivity index (χ0v) is 12.2. The Hall–Kier alpha value is -2.11. The maximum Gasteiger partial charge on any atom is 0.511 e. The quantitative estimate of drug-likeness (QED) is 0.843. The van der Waals surface area contributed by atoms with Gasteiger partial charge in [-0.2, -0.15) is 0 Å². The van der Waals surface area contributed by atoms with Crippen LogP contribution in [0.4, 0.5) is 4.79 Å². The van der Waals surface area contributed by atoms with Crippen molar-refractivity contribution in [2.45, 2.75) is 46.0 Å². The molecule has 0 atom stereocenters. The molecule has 0 unspecified atom stereocenters. The molecule has 2 aromatic rings. The van der Waals surface area contributed by atoms with Gasteiger partial charge in [-0.3, -0.25) is 0 Å². The number of carboxylic acid groups (broad SMARTS) is 1. The van der Waals surface area contributed by atoms with E-state index in [1.54, 1.807) is 6.07 Å². The highest BCUT2D eigenvalue weighted by Gasteiger charge is 2.27. The zero-order valence-electron chi connectivity index (χ0n) is 12.2. The number of aromatic nitrogens is 2. The van der Waals surface area contributed by atoms with Gasteiger partial charge in [-0.25, -0.2) is 9.78 Å². The molecule has 20 heavy (non-hydrogen) atoms. The van der Waals surface area contributed by atoms with Crippen molar-refractivity contribution in [3.05, 3.63) is 17.5 Å². The summed E-state index contributed by atoms with van der Waals surface area (Å²) >= 11 is 0. The van der Waals surface area contributed by atoms with Crippen LogP contribution >= 0.6 is 0 Å². The summed E-state index contributed by atoms with van der Waals surface area (Å²) in [5.74, 6) is 0.344. The van der Waals surface area contributed by atoms with Crippen LogP contribution in [0.3, 0.4) is 0 Å². The second-order valence-corrected chi connectivity index (χ2v) is 6.03. The molecule has 2 rings (SSSR count). The number of fused-ring (bicyclic) bond motifs is 1.